The SMILES string of the molecule is CCCCCC(CC)C(C)(O)CCO. The van der Waals surface area contributed by atoms with Crippen molar-refractivity contribution in [3.05, 3.63) is 0 Å². The van der Waals surface area contributed by atoms with Crippen LogP contribution < -0.4 is 0 Å². The zero-order valence-electron chi connectivity index (χ0n) is 9.92. The third kappa shape index (κ3) is 4.97. The van der Waals surface area contributed by atoms with Gasteiger partial charge >= 0.3 is 0 Å². The lowest BCUT2D eigenvalue weighted by Gasteiger charge is -2.32. The molecule has 0 heterocycles. The van der Waals surface area contributed by atoms with Gasteiger partial charge < -0.3 is 10.2 Å². The topological polar surface area (TPSA) is 40.5 Å². The first-order valence-corrected chi connectivity index (χ1v) is 5.91. The van der Waals surface area contributed by atoms with Crippen molar-refractivity contribution in [2.24, 2.45) is 5.92 Å². The van der Waals surface area contributed by atoms with Crippen LogP contribution in [0.3, 0.4) is 0 Å². The van der Waals surface area contributed by atoms with Gasteiger partial charge in [0.15, 0.2) is 0 Å². The maximum atomic E-state index is 10.1. The number of hydrogen-bond donors (Lipinski definition) is 2. The van der Waals surface area contributed by atoms with E-state index in [1.54, 1.807) is 0 Å². The molecule has 0 saturated heterocycles. The molecule has 2 heteroatoms. The Bertz CT molecular complexity index is 132. The van der Waals surface area contributed by atoms with Gasteiger partial charge in [0.2, 0.25) is 0 Å². The summed E-state index contributed by atoms with van der Waals surface area (Å²) in [6.07, 6.45) is 6.23. The lowest BCUT2D eigenvalue weighted by Crippen LogP contribution is -2.35. The van der Waals surface area contributed by atoms with Gasteiger partial charge in [-0.2, -0.15) is 0 Å². The van der Waals surface area contributed by atoms with E-state index in [4.69, 9.17) is 5.11 Å². The largest absolute Gasteiger partial charge is 0.396 e. The average Bonchev–Trinajstić information content (AvgIpc) is 2.12. The maximum Gasteiger partial charge on any atom is 0.0669 e. The molecule has 2 nitrogen and oxygen atoms in total. The Kier molecular flexibility index (Phi) is 7.20. The van der Waals surface area contributed by atoms with Gasteiger partial charge in [-0.1, -0.05) is 39.5 Å². The molecule has 0 rings (SSSR count). The van der Waals surface area contributed by atoms with E-state index in [-0.39, 0.29) is 6.61 Å². The highest BCUT2D eigenvalue weighted by atomic mass is 16.3. The molecule has 0 saturated carbocycles. The minimum Gasteiger partial charge on any atom is -0.396 e. The second kappa shape index (κ2) is 7.24. The quantitative estimate of drug-likeness (QED) is 0.594. The highest BCUT2D eigenvalue weighted by Gasteiger charge is 2.29. The fourth-order valence-corrected chi connectivity index (χ4v) is 2.03. The normalized spacial score (nSPS) is 17.8. The van der Waals surface area contributed by atoms with E-state index in [0.717, 1.165) is 12.8 Å². The van der Waals surface area contributed by atoms with E-state index in [1.807, 2.05) is 6.92 Å². The van der Waals surface area contributed by atoms with Crippen LogP contribution >= 0.6 is 0 Å². The predicted octanol–water partition coefficient (Wildman–Crippen LogP) is 2.73. The van der Waals surface area contributed by atoms with Crippen molar-refractivity contribution >= 4 is 0 Å². The summed E-state index contributed by atoms with van der Waals surface area (Å²) < 4.78 is 0. The van der Waals surface area contributed by atoms with Gasteiger partial charge in [0.05, 0.1) is 5.60 Å². The summed E-state index contributed by atoms with van der Waals surface area (Å²) in [5, 5.41) is 19.0. The summed E-state index contributed by atoms with van der Waals surface area (Å²) in [6, 6.07) is 0. The molecule has 0 amide bonds. The average molecular weight is 202 g/mol. The summed E-state index contributed by atoms with van der Waals surface area (Å²) in [4.78, 5) is 0. The first-order valence-electron chi connectivity index (χ1n) is 5.91. The first-order chi connectivity index (χ1) is 6.58. The molecular weight excluding hydrogens is 176 g/mol. The Morgan fingerprint density at radius 2 is 1.86 bits per heavy atom. The molecule has 0 aromatic carbocycles. The zero-order valence-corrected chi connectivity index (χ0v) is 9.92. The van der Waals surface area contributed by atoms with E-state index in [0.29, 0.717) is 12.3 Å². The standard InChI is InChI=1S/C12H26O2/c1-4-6-7-8-11(5-2)12(3,14)9-10-13/h11,13-14H,4-10H2,1-3H3. The van der Waals surface area contributed by atoms with Crippen LogP contribution in [0.25, 0.3) is 0 Å². The molecule has 2 unspecified atom stereocenters. The Labute approximate surface area is 88.3 Å². The zero-order chi connectivity index (χ0) is 11.0. The molecule has 0 aromatic rings. The van der Waals surface area contributed by atoms with E-state index in [1.165, 1.54) is 19.3 Å². The van der Waals surface area contributed by atoms with Crippen molar-refractivity contribution in [1.29, 1.82) is 0 Å². The van der Waals surface area contributed by atoms with Gasteiger partial charge in [-0.25, -0.2) is 0 Å². The number of hydrogen-bond acceptors (Lipinski definition) is 2. The second-order valence-corrected chi connectivity index (χ2v) is 4.43. The molecule has 0 aliphatic rings. The molecule has 86 valence electrons. The number of unbranched alkanes of at least 4 members (excludes halogenated alkanes) is 2. The maximum absolute atomic E-state index is 10.1. The van der Waals surface area contributed by atoms with Crippen molar-refractivity contribution in [2.75, 3.05) is 6.61 Å². The van der Waals surface area contributed by atoms with E-state index >= 15 is 0 Å². The van der Waals surface area contributed by atoms with Crippen LogP contribution in [0, 0.1) is 5.92 Å². The minimum atomic E-state index is -0.683. The van der Waals surface area contributed by atoms with Gasteiger partial charge in [-0.05, 0) is 25.7 Å². The third-order valence-electron chi connectivity index (χ3n) is 3.15. The predicted molar refractivity (Wildman–Crippen MR) is 60.2 cm³/mol. The Morgan fingerprint density at radius 3 is 2.29 bits per heavy atom. The molecule has 0 spiro atoms. The van der Waals surface area contributed by atoms with E-state index in [9.17, 15) is 5.11 Å². The summed E-state index contributed by atoms with van der Waals surface area (Å²) in [6.45, 7) is 6.23. The molecule has 14 heavy (non-hydrogen) atoms. The molecular formula is C12H26O2. The van der Waals surface area contributed by atoms with Crippen molar-refractivity contribution < 1.29 is 10.2 Å². The monoisotopic (exact) mass is 202 g/mol. The van der Waals surface area contributed by atoms with Crippen molar-refractivity contribution in [3.8, 4) is 0 Å². The van der Waals surface area contributed by atoms with Gasteiger partial charge in [-0.3, -0.25) is 0 Å². The summed E-state index contributed by atoms with van der Waals surface area (Å²) in [7, 11) is 0. The van der Waals surface area contributed by atoms with Crippen LogP contribution in [-0.4, -0.2) is 22.4 Å². The minimum absolute atomic E-state index is 0.0806. The van der Waals surface area contributed by atoms with Gasteiger partial charge in [-0.15, -0.1) is 0 Å². The van der Waals surface area contributed by atoms with Crippen LogP contribution in [0.4, 0.5) is 0 Å². The lowest BCUT2D eigenvalue weighted by atomic mass is 9.81. The number of rotatable bonds is 8. The molecule has 2 N–H and O–H groups in total. The van der Waals surface area contributed by atoms with Crippen LogP contribution in [0.5, 0.6) is 0 Å². The fraction of sp³-hybridized carbons (Fsp3) is 1.00. The van der Waals surface area contributed by atoms with Crippen molar-refractivity contribution in [1.82, 2.24) is 0 Å². The molecule has 0 aromatic heterocycles. The van der Waals surface area contributed by atoms with Crippen LogP contribution in [0.15, 0.2) is 0 Å². The highest BCUT2D eigenvalue weighted by Crippen LogP contribution is 2.28. The first kappa shape index (κ1) is 13.9. The van der Waals surface area contributed by atoms with Crippen LogP contribution in [0.1, 0.15) is 59.3 Å². The highest BCUT2D eigenvalue weighted by molar-refractivity contribution is 4.80. The van der Waals surface area contributed by atoms with Crippen LogP contribution in [0.2, 0.25) is 0 Å². The van der Waals surface area contributed by atoms with E-state index < -0.39 is 5.60 Å². The van der Waals surface area contributed by atoms with Crippen LogP contribution in [-0.2, 0) is 0 Å². The Morgan fingerprint density at radius 1 is 1.21 bits per heavy atom. The second-order valence-electron chi connectivity index (χ2n) is 4.43. The molecule has 0 aliphatic carbocycles. The molecule has 0 bridgehead atoms. The third-order valence-corrected chi connectivity index (χ3v) is 3.15. The Balaban J connectivity index is 3.96. The van der Waals surface area contributed by atoms with E-state index in [2.05, 4.69) is 13.8 Å². The lowest BCUT2D eigenvalue weighted by molar-refractivity contribution is -0.0264. The summed E-state index contributed by atoms with van der Waals surface area (Å²) >= 11 is 0. The van der Waals surface area contributed by atoms with Gasteiger partial charge in [0, 0.05) is 6.61 Å². The molecule has 0 radical (unpaired) electrons. The van der Waals surface area contributed by atoms with Crippen molar-refractivity contribution in [2.45, 2.75) is 64.9 Å². The molecule has 0 aliphatic heterocycles. The molecule has 0 fully saturated rings. The van der Waals surface area contributed by atoms with Gasteiger partial charge in [0.25, 0.3) is 0 Å². The smallest absolute Gasteiger partial charge is 0.0669 e. The van der Waals surface area contributed by atoms with Crippen molar-refractivity contribution in [3.63, 3.8) is 0 Å². The number of aliphatic hydroxyl groups is 2. The fourth-order valence-electron chi connectivity index (χ4n) is 2.03. The summed E-state index contributed by atoms with van der Waals surface area (Å²) in [5.41, 5.74) is -0.683. The van der Waals surface area contributed by atoms with Gasteiger partial charge in [0.1, 0.15) is 0 Å². The summed E-state index contributed by atoms with van der Waals surface area (Å²) in [5.74, 6) is 0.334. The molecule has 2 atom stereocenters. The Hall–Kier alpha value is -0.0800. The number of aliphatic hydroxyl groups excluding tert-OH is 1.